The molecule has 2 fully saturated rings. The molecule has 2 aliphatic rings. The van der Waals surface area contributed by atoms with E-state index in [4.69, 9.17) is 16.3 Å². The van der Waals surface area contributed by atoms with Crippen LogP contribution in [0.3, 0.4) is 0 Å². The Kier molecular flexibility index (Phi) is 6.04. The summed E-state index contributed by atoms with van der Waals surface area (Å²) in [6.07, 6.45) is 0. The van der Waals surface area contributed by atoms with E-state index < -0.39 is 15.7 Å². The molecule has 0 unspecified atom stereocenters. The number of hydrogen-bond acceptors (Lipinski definition) is 5. The van der Waals surface area contributed by atoms with Gasteiger partial charge in [0.2, 0.25) is 0 Å². The van der Waals surface area contributed by atoms with Crippen LogP contribution in [0.15, 0.2) is 53.5 Å². The minimum absolute atomic E-state index is 0.0142. The molecule has 0 spiro atoms. The Morgan fingerprint density at radius 1 is 1.17 bits per heavy atom. The van der Waals surface area contributed by atoms with Gasteiger partial charge in [-0.15, -0.1) is 0 Å². The summed E-state index contributed by atoms with van der Waals surface area (Å²) in [6.45, 7) is 0.0951. The normalized spacial score (nSPS) is 23.5. The van der Waals surface area contributed by atoms with Gasteiger partial charge in [-0.05, 0) is 42.0 Å². The zero-order chi connectivity index (χ0) is 21.3. The summed E-state index contributed by atoms with van der Waals surface area (Å²) in [7, 11) is -3.14. The lowest BCUT2D eigenvalue weighted by Crippen LogP contribution is -2.37. The summed E-state index contributed by atoms with van der Waals surface area (Å²) >= 11 is 7.12. The number of fused-ring (bicyclic) bond motifs is 1. The Morgan fingerprint density at radius 3 is 2.57 bits per heavy atom. The summed E-state index contributed by atoms with van der Waals surface area (Å²) in [4.78, 5) is 18.4. The van der Waals surface area contributed by atoms with E-state index in [9.17, 15) is 17.6 Å². The summed E-state index contributed by atoms with van der Waals surface area (Å²) in [6, 6.07) is 12.3. The fourth-order valence-electron chi connectivity index (χ4n) is 3.42. The van der Waals surface area contributed by atoms with Crippen LogP contribution in [0.1, 0.15) is 5.56 Å². The summed E-state index contributed by atoms with van der Waals surface area (Å²) in [5.41, 5.74) is 0.805. The number of nitrogens with zero attached hydrogens (tertiary/aromatic N) is 2. The number of aliphatic imine (C=N–C) groups is 1. The van der Waals surface area contributed by atoms with Gasteiger partial charge >= 0.3 is 0 Å². The maximum atomic E-state index is 13.2. The third kappa shape index (κ3) is 4.96. The minimum atomic E-state index is -3.14. The molecular formula is C20H18ClFN2O4S2. The van der Waals surface area contributed by atoms with E-state index in [0.717, 1.165) is 5.56 Å². The first-order valence-electron chi connectivity index (χ1n) is 9.17. The highest BCUT2D eigenvalue weighted by Crippen LogP contribution is 2.39. The second-order valence-corrected chi connectivity index (χ2v) is 10.9. The first kappa shape index (κ1) is 21.1. The molecule has 2 aromatic rings. The molecule has 2 aliphatic heterocycles. The lowest BCUT2D eigenvalue weighted by molar-refractivity contribution is -0.119. The summed E-state index contributed by atoms with van der Waals surface area (Å²) in [5.74, 6) is -0.256. The fourth-order valence-corrected chi connectivity index (χ4v) is 7.52. The molecule has 0 bridgehead atoms. The van der Waals surface area contributed by atoms with Crippen molar-refractivity contribution in [3.05, 3.63) is 64.9 Å². The van der Waals surface area contributed by atoms with E-state index in [0.29, 0.717) is 22.5 Å². The van der Waals surface area contributed by atoms with Crippen LogP contribution in [0.25, 0.3) is 0 Å². The monoisotopic (exact) mass is 468 g/mol. The molecular weight excluding hydrogens is 451 g/mol. The lowest BCUT2D eigenvalue weighted by Gasteiger charge is -2.24. The van der Waals surface area contributed by atoms with Gasteiger partial charge in [-0.3, -0.25) is 4.79 Å². The largest absolute Gasteiger partial charge is 0.484 e. The van der Waals surface area contributed by atoms with Crippen LogP contribution < -0.4 is 4.74 Å². The summed E-state index contributed by atoms with van der Waals surface area (Å²) in [5, 5.41) is 0.849. The Morgan fingerprint density at radius 2 is 1.87 bits per heavy atom. The van der Waals surface area contributed by atoms with Gasteiger partial charge in [0.1, 0.15) is 11.6 Å². The minimum Gasteiger partial charge on any atom is -0.484 e. The molecule has 2 aromatic carbocycles. The molecule has 1 amide bonds. The lowest BCUT2D eigenvalue weighted by atomic mass is 10.1. The summed E-state index contributed by atoms with van der Waals surface area (Å²) < 4.78 is 42.8. The molecule has 4 rings (SSSR count). The fraction of sp³-hybridized carbons (Fsp3) is 0.300. The highest BCUT2D eigenvalue weighted by molar-refractivity contribution is 8.15. The van der Waals surface area contributed by atoms with Gasteiger partial charge < -0.3 is 9.64 Å². The van der Waals surface area contributed by atoms with Gasteiger partial charge in [0.15, 0.2) is 21.6 Å². The maximum absolute atomic E-state index is 13.2. The molecule has 0 radical (unpaired) electrons. The Hall–Kier alpha value is -2.10. The molecule has 2 atom stereocenters. The van der Waals surface area contributed by atoms with E-state index in [-0.39, 0.29) is 35.2 Å². The molecule has 6 nitrogen and oxygen atoms in total. The molecule has 0 saturated carbocycles. The number of hydrogen-bond donors (Lipinski definition) is 0. The van der Waals surface area contributed by atoms with Crippen LogP contribution in [0.5, 0.6) is 5.75 Å². The zero-order valence-electron chi connectivity index (χ0n) is 15.7. The molecule has 2 saturated heterocycles. The molecule has 30 heavy (non-hydrogen) atoms. The van der Waals surface area contributed by atoms with Gasteiger partial charge in [-0.25, -0.2) is 12.8 Å². The van der Waals surface area contributed by atoms with Crippen LogP contribution in [0, 0.1) is 5.82 Å². The van der Waals surface area contributed by atoms with Crippen molar-refractivity contribution in [2.45, 2.75) is 17.8 Å². The maximum Gasteiger partial charge on any atom is 0.285 e. The average molecular weight is 469 g/mol. The van der Waals surface area contributed by atoms with Gasteiger partial charge in [0.05, 0.1) is 17.5 Å². The van der Waals surface area contributed by atoms with Crippen molar-refractivity contribution >= 4 is 44.3 Å². The number of ether oxygens (including phenoxy) is 1. The number of sulfone groups is 1. The third-order valence-electron chi connectivity index (χ3n) is 4.84. The predicted molar refractivity (Wildman–Crippen MR) is 115 cm³/mol. The van der Waals surface area contributed by atoms with E-state index in [1.54, 1.807) is 36.4 Å². The van der Waals surface area contributed by atoms with Crippen LogP contribution in [-0.4, -0.2) is 53.8 Å². The third-order valence-corrected chi connectivity index (χ3v) is 8.34. The van der Waals surface area contributed by atoms with Gasteiger partial charge in [0, 0.05) is 16.8 Å². The van der Waals surface area contributed by atoms with Crippen LogP contribution >= 0.6 is 23.4 Å². The number of amides is 1. The number of amidine groups is 1. The van der Waals surface area contributed by atoms with Crippen LogP contribution in [-0.2, 0) is 21.2 Å². The van der Waals surface area contributed by atoms with E-state index in [2.05, 4.69) is 4.99 Å². The smallest absolute Gasteiger partial charge is 0.285 e. The van der Waals surface area contributed by atoms with Crippen LogP contribution in [0.4, 0.5) is 4.39 Å². The molecule has 158 valence electrons. The Labute approximate surface area is 183 Å². The molecule has 2 heterocycles. The van der Waals surface area contributed by atoms with Crippen molar-refractivity contribution in [2.24, 2.45) is 4.99 Å². The quantitative estimate of drug-likeness (QED) is 0.671. The molecule has 0 N–H and O–H groups in total. The van der Waals surface area contributed by atoms with E-state index in [1.807, 2.05) is 4.90 Å². The second-order valence-electron chi connectivity index (χ2n) is 7.09. The molecule has 0 aliphatic carbocycles. The van der Waals surface area contributed by atoms with Crippen molar-refractivity contribution in [2.75, 3.05) is 18.1 Å². The predicted octanol–water partition coefficient (Wildman–Crippen LogP) is 3.16. The van der Waals surface area contributed by atoms with E-state index in [1.165, 1.54) is 23.9 Å². The standard InChI is InChI=1S/C20H18ClFN2O4S2/c21-14-3-7-16(8-4-14)28-10-19(25)23-20-24(9-13-1-5-15(22)6-2-13)17-11-30(26,27)12-18(17)29-20/h1-8,17-18H,9-12H2/t17-,18-/m1/s1. The Bertz CT molecular complexity index is 1070. The highest BCUT2D eigenvalue weighted by Gasteiger charge is 2.48. The second kappa shape index (κ2) is 8.56. The van der Waals surface area contributed by atoms with Crippen LogP contribution in [0.2, 0.25) is 5.02 Å². The van der Waals surface area contributed by atoms with Gasteiger partial charge in [0.25, 0.3) is 5.91 Å². The first-order valence-corrected chi connectivity index (χ1v) is 12.2. The SMILES string of the molecule is O=C(COc1ccc(Cl)cc1)N=C1S[C@@H]2CS(=O)(=O)C[C@H]2N1Cc1ccc(F)cc1. The number of rotatable bonds is 5. The molecule has 10 heteroatoms. The number of thioether (sulfide) groups is 1. The number of carbonyl (C=O) groups excluding carboxylic acids is 1. The number of carbonyl (C=O) groups is 1. The van der Waals surface area contributed by atoms with Crippen molar-refractivity contribution in [1.29, 1.82) is 0 Å². The average Bonchev–Trinajstić information content (AvgIpc) is 3.15. The molecule has 0 aromatic heterocycles. The van der Waals surface area contributed by atoms with Crippen molar-refractivity contribution < 1.29 is 22.3 Å². The topological polar surface area (TPSA) is 76.0 Å². The Balaban J connectivity index is 1.50. The van der Waals surface area contributed by atoms with E-state index >= 15 is 0 Å². The van der Waals surface area contributed by atoms with Gasteiger partial charge in [-0.2, -0.15) is 4.99 Å². The van der Waals surface area contributed by atoms with Gasteiger partial charge in [-0.1, -0.05) is 35.5 Å². The van der Waals surface area contributed by atoms with Crippen molar-refractivity contribution in [3.63, 3.8) is 0 Å². The number of benzene rings is 2. The van der Waals surface area contributed by atoms with Crippen molar-refractivity contribution in [3.8, 4) is 5.75 Å². The van der Waals surface area contributed by atoms with Crippen molar-refractivity contribution in [1.82, 2.24) is 4.90 Å². The highest BCUT2D eigenvalue weighted by atomic mass is 35.5. The zero-order valence-corrected chi connectivity index (χ0v) is 18.1. The first-order chi connectivity index (χ1) is 14.3. The number of halogens is 2.